The van der Waals surface area contributed by atoms with E-state index in [-0.39, 0.29) is 18.4 Å². The molecule has 0 saturated carbocycles. The second kappa shape index (κ2) is 7.74. The summed E-state index contributed by atoms with van der Waals surface area (Å²) in [6.45, 7) is 4.50. The molecular weight excluding hydrogens is 295 g/mol. The van der Waals surface area contributed by atoms with Gasteiger partial charge in [0.1, 0.15) is 5.82 Å². The van der Waals surface area contributed by atoms with Gasteiger partial charge in [-0.1, -0.05) is 35.9 Å². The summed E-state index contributed by atoms with van der Waals surface area (Å²) in [7, 11) is 0. The molecular formula is C18H21FN2O2. The molecule has 0 heterocycles. The van der Waals surface area contributed by atoms with Crippen LogP contribution in [0.1, 0.15) is 28.4 Å². The molecule has 0 bridgehead atoms. The number of rotatable bonds is 5. The van der Waals surface area contributed by atoms with Gasteiger partial charge in [0.25, 0.3) is 0 Å². The summed E-state index contributed by atoms with van der Waals surface area (Å²) in [6.07, 6.45) is -0.873. The molecule has 5 heteroatoms. The van der Waals surface area contributed by atoms with Gasteiger partial charge in [-0.3, -0.25) is 0 Å². The first-order chi connectivity index (χ1) is 11.0. The minimum Gasteiger partial charge on any atom is -0.387 e. The van der Waals surface area contributed by atoms with Crippen LogP contribution in [0.3, 0.4) is 0 Å². The van der Waals surface area contributed by atoms with Gasteiger partial charge in [0.05, 0.1) is 6.10 Å². The number of benzene rings is 2. The first kappa shape index (κ1) is 17.0. The van der Waals surface area contributed by atoms with Gasteiger partial charge in [-0.05, 0) is 42.7 Å². The van der Waals surface area contributed by atoms with Crippen molar-refractivity contribution in [2.45, 2.75) is 26.5 Å². The first-order valence-corrected chi connectivity index (χ1v) is 7.47. The second-order valence-corrected chi connectivity index (χ2v) is 5.56. The summed E-state index contributed by atoms with van der Waals surface area (Å²) in [4.78, 5) is 11.8. The summed E-state index contributed by atoms with van der Waals surface area (Å²) in [6, 6.07) is 11.2. The predicted molar refractivity (Wildman–Crippen MR) is 87.5 cm³/mol. The van der Waals surface area contributed by atoms with Crippen molar-refractivity contribution in [2.75, 3.05) is 6.54 Å². The highest BCUT2D eigenvalue weighted by molar-refractivity contribution is 5.73. The van der Waals surface area contributed by atoms with E-state index in [9.17, 15) is 14.3 Å². The molecule has 2 aromatic rings. The van der Waals surface area contributed by atoms with Crippen LogP contribution in [0, 0.1) is 19.7 Å². The van der Waals surface area contributed by atoms with Crippen LogP contribution in [-0.4, -0.2) is 17.7 Å². The fourth-order valence-electron chi connectivity index (χ4n) is 2.27. The van der Waals surface area contributed by atoms with Crippen LogP contribution in [0.15, 0.2) is 42.5 Å². The number of aliphatic hydroxyl groups is 1. The Labute approximate surface area is 135 Å². The molecule has 1 unspecified atom stereocenters. The lowest BCUT2D eigenvalue weighted by atomic mass is 10.1. The molecule has 2 rings (SSSR count). The highest BCUT2D eigenvalue weighted by Crippen LogP contribution is 2.12. The standard InChI is InChI=1S/C18H21FN2O2/c1-12-3-4-15(13(2)9-12)10-20-18(23)21-11-17(22)14-5-7-16(19)8-6-14/h3-9,17,22H,10-11H2,1-2H3,(H2,20,21,23). The molecule has 0 saturated heterocycles. The number of urea groups is 1. The highest BCUT2D eigenvalue weighted by Gasteiger charge is 2.09. The van der Waals surface area contributed by atoms with Crippen LogP contribution in [-0.2, 0) is 6.54 Å². The normalized spacial score (nSPS) is 11.8. The number of carbonyl (C=O) groups is 1. The molecule has 0 radical (unpaired) electrons. The van der Waals surface area contributed by atoms with E-state index in [2.05, 4.69) is 16.7 Å². The van der Waals surface area contributed by atoms with Crippen molar-refractivity contribution >= 4 is 6.03 Å². The fourth-order valence-corrected chi connectivity index (χ4v) is 2.27. The van der Waals surface area contributed by atoms with Gasteiger partial charge in [-0.2, -0.15) is 0 Å². The summed E-state index contributed by atoms with van der Waals surface area (Å²) < 4.78 is 12.8. The van der Waals surface area contributed by atoms with Gasteiger partial charge >= 0.3 is 6.03 Å². The Morgan fingerprint density at radius 3 is 2.48 bits per heavy atom. The third-order valence-electron chi connectivity index (χ3n) is 3.65. The molecule has 0 aliphatic heterocycles. The zero-order valence-electron chi connectivity index (χ0n) is 13.3. The van der Waals surface area contributed by atoms with E-state index in [1.807, 2.05) is 26.0 Å². The summed E-state index contributed by atoms with van der Waals surface area (Å²) >= 11 is 0. The second-order valence-electron chi connectivity index (χ2n) is 5.56. The van der Waals surface area contributed by atoms with Crippen LogP contribution in [0.5, 0.6) is 0 Å². The Balaban J connectivity index is 1.79. The SMILES string of the molecule is Cc1ccc(CNC(=O)NCC(O)c2ccc(F)cc2)c(C)c1. The lowest BCUT2D eigenvalue weighted by molar-refractivity contribution is 0.173. The number of halogens is 1. The first-order valence-electron chi connectivity index (χ1n) is 7.47. The van der Waals surface area contributed by atoms with E-state index < -0.39 is 6.10 Å². The number of hydrogen-bond acceptors (Lipinski definition) is 2. The maximum absolute atomic E-state index is 12.8. The fraction of sp³-hybridized carbons (Fsp3) is 0.278. The number of nitrogens with one attached hydrogen (secondary N) is 2. The van der Waals surface area contributed by atoms with E-state index in [4.69, 9.17) is 0 Å². The Morgan fingerprint density at radius 2 is 1.83 bits per heavy atom. The average molecular weight is 316 g/mol. The Kier molecular flexibility index (Phi) is 5.71. The maximum Gasteiger partial charge on any atom is 0.315 e. The van der Waals surface area contributed by atoms with Crippen molar-refractivity contribution in [2.24, 2.45) is 0 Å². The lowest BCUT2D eigenvalue weighted by Gasteiger charge is -2.13. The Morgan fingerprint density at radius 1 is 1.13 bits per heavy atom. The van der Waals surface area contributed by atoms with E-state index in [0.29, 0.717) is 12.1 Å². The monoisotopic (exact) mass is 316 g/mol. The molecule has 0 aliphatic carbocycles. The highest BCUT2D eigenvalue weighted by atomic mass is 19.1. The molecule has 2 aromatic carbocycles. The van der Waals surface area contributed by atoms with Gasteiger partial charge in [0.2, 0.25) is 0 Å². The molecule has 3 N–H and O–H groups in total. The van der Waals surface area contributed by atoms with Crippen LogP contribution < -0.4 is 10.6 Å². The molecule has 23 heavy (non-hydrogen) atoms. The maximum atomic E-state index is 12.8. The van der Waals surface area contributed by atoms with Gasteiger partial charge in [-0.25, -0.2) is 9.18 Å². The van der Waals surface area contributed by atoms with E-state index in [1.54, 1.807) is 0 Å². The van der Waals surface area contributed by atoms with Crippen molar-refractivity contribution < 1.29 is 14.3 Å². The topological polar surface area (TPSA) is 61.4 Å². The molecule has 0 spiro atoms. The molecule has 122 valence electrons. The summed E-state index contributed by atoms with van der Waals surface area (Å²) in [5, 5.41) is 15.3. The van der Waals surface area contributed by atoms with Gasteiger partial charge in [0.15, 0.2) is 0 Å². The minimum atomic E-state index is -0.873. The molecule has 1 atom stereocenters. The largest absolute Gasteiger partial charge is 0.387 e. The van der Waals surface area contributed by atoms with Crippen LogP contribution in [0.25, 0.3) is 0 Å². The van der Waals surface area contributed by atoms with Crippen molar-refractivity contribution in [1.29, 1.82) is 0 Å². The number of amides is 2. The van der Waals surface area contributed by atoms with Gasteiger partial charge in [0, 0.05) is 13.1 Å². The number of hydrogen-bond donors (Lipinski definition) is 3. The average Bonchev–Trinajstić information content (AvgIpc) is 2.52. The van der Waals surface area contributed by atoms with Crippen LogP contribution in [0.2, 0.25) is 0 Å². The third-order valence-corrected chi connectivity index (χ3v) is 3.65. The lowest BCUT2D eigenvalue weighted by Crippen LogP contribution is -2.37. The van der Waals surface area contributed by atoms with Gasteiger partial charge < -0.3 is 15.7 Å². The zero-order valence-corrected chi connectivity index (χ0v) is 13.3. The summed E-state index contributed by atoms with van der Waals surface area (Å²) in [5.41, 5.74) is 3.90. The van der Waals surface area contributed by atoms with Crippen LogP contribution >= 0.6 is 0 Å². The third kappa shape index (κ3) is 5.07. The quantitative estimate of drug-likeness (QED) is 0.794. The molecule has 4 nitrogen and oxygen atoms in total. The van der Waals surface area contributed by atoms with E-state index in [1.165, 1.54) is 29.8 Å². The summed E-state index contributed by atoms with van der Waals surface area (Å²) in [5.74, 6) is -0.361. The number of aryl methyl sites for hydroxylation is 2. The van der Waals surface area contributed by atoms with Crippen molar-refractivity contribution in [3.05, 3.63) is 70.5 Å². The zero-order chi connectivity index (χ0) is 16.8. The molecule has 0 aliphatic rings. The molecule has 0 fully saturated rings. The molecule has 2 amide bonds. The van der Waals surface area contributed by atoms with Crippen molar-refractivity contribution in [1.82, 2.24) is 10.6 Å². The van der Waals surface area contributed by atoms with Crippen molar-refractivity contribution in [3.63, 3.8) is 0 Å². The Bertz CT molecular complexity index is 671. The van der Waals surface area contributed by atoms with Crippen LogP contribution in [0.4, 0.5) is 9.18 Å². The predicted octanol–water partition coefficient (Wildman–Crippen LogP) is 2.98. The number of aliphatic hydroxyl groups excluding tert-OH is 1. The molecule has 0 aromatic heterocycles. The van der Waals surface area contributed by atoms with E-state index >= 15 is 0 Å². The van der Waals surface area contributed by atoms with E-state index in [0.717, 1.165) is 11.1 Å². The minimum absolute atomic E-state index is 0.0599. The van der Waals surface area contributed by atoms with Crippen molar-refractivity contribution in [3.8, 4) is 0 Å². The van der Waals surface area contributed by atoms with Gasteiger partial charge in [-0.15, -0.1) is 0 Å². The Hall–Kier alpha value is -2.40. The number of carbonyl (C=O) groups excluding carboxylic acids is 1. The smallest absolute Gasteiger partial charge is 0.315 e.